The lowest BCUT2D eigenvalue weighted by atomic mass is 9.99. The highest BCUT2D eigenvalue weighted by atomic mass is 14.7. The lowest BCUT2D eigenvalue weighted by Gasteiger charge is -2.07. The van der Waals surface area contributed by atoms with Gasteiger partial charge in [-0.1, -0.05) is 97.1 Å². The summed E-state index contributed by atoms with van der Waals surface area (Å²) in [6.07, 6.45) is 8.31. The predicted molar refractivity (Wildman–Crippen MR) is 178 cm³/mol. The smallest absolute Gasteiger partial charge is 0.0702 e. The first-order valence-electron chi connectivity index (χ1n) is 14.2. The number of aromatic nitrogens is 2. The van der Waals surface area contributed by atoms with Crippen LogP contribution in [-0.2, 0) is 0 Å². The molecule has 8 rings (SSSR count). The van der Waals surface area contributed by atoms with E-state index in [9.17, 15) is 0 Å². The summed E-state index contributed by atoms with van der Waals surface area (Å²) in [6, 6.07) is 47.5. The minimum atomic E-state index is 1.02. The van der Waals surface area contributed by atoms with Crippen molar-refractivity contribution in [2.45, 2.75) is 0 Å². The maximum Gasteiger partial charge on any atom is 0.0702 e. The van der Waals surface area contributed by atoms with Gasteiger partial charge in [0.1, 0.15) is 0 Å². The van der Waals surface area contributed by atoms with Crippen LogP contribution in [0.1, 0.15) is 11.1 Å². The van der Waals surface area contributed by atoms with Crippen LogP contribution < -0.4 is 0 Å². The molecule has 0 bridgehead atoms. The van der Waals surface area contributed by atoms with E-state index in [0.29, 0.717) is 0 Å². The standard InChI is InChI=1S/C40H26N2/c1-3-7-39-35(5-1)23-37(25-41-39)33-17-15-29-19-27(11-13-31(29)21-33)9-10-28-12-14-32-22-34(18-16-30(32)20-28)38-24-36-6-2-4-8-40(36)42-26-38/h1-26H/b10-9+. The minimum absolute atomic E-state index is 1.02. The Morgan fingerprint density at radius 1 is 0.333 bits per heavy atom. The molecule has 0 aliphatic rings. The van der Waals surface area contributed by atoms with Crippen LogP contribution in [-0.4, -0.2) is 9.97 Å². The van der Waals surface area contributed by atoms with Crippen molar-refractivity contribution >= 4 is 55.5 Å². The van der Waals surface area contributed by atoms with Crippen LogP contribution in [0.4, 0.5) is 0 Å². The summed E-state index contributed by atoms with van der Waals surface area (Å²) < 4.78 is 0. The summed E-state index contributed by atoms with van der Waals surface area (Å²) >= 11 is 0. The molecule has 0 fully saturated rings. The average molecular weight is 535 g/mol. The highest BCUT2D eigenvalue weighted by Crippen LogP contribution is 2.29. The first-order chi connectivity index (χ1) is 20.7. The number of pyridine rings is 2. The SMILES string of the molecule is C(=C\c1ccc2cc(-c3cnc4ccccc4c3)ccc2c1)/c1ccc2cc(-c3cnc4ccccc4c3)ccc2c1. The Labute approximate surface area is 244 Å². The summed E-state index contributed by atoms with van der Waals surface area (Å²) in [4.78, 5) is 9.28. The van der Waals surface area contributed by atoms with Crippen molar-refractivity contribution in [3.63, 3.8) is 0 Å². The van der Waals surface area contributed by atoms with Crippen molar-refractivity contribution in [1.82, 2.24) is 9.97 Å². The fourth-order valence-corrected chi connectivity index (χ4v) is 5.75. The van der Waals surface area contributed by atoms with Crippen molar-refractivity contribution in [2.75, 3.05) is 0 Å². The zero-order valence-electron chi connectivity index (χ0n) is 22.9. The lowest BCUT2D eigenvalue weighted by molar-refractivity contribution is 1.41. The quantitative estimate of drug-likeness (QED) is 0.210. The molecule has 2 aromatic heterocycles. The van der Waals surface area contributed by atoms with Gasteiger partial charge in [-0.05, 0) is 92.3 Å². The van der Waals surface area contributed by atoms with E-state index >= 15 is 0 Å². The minimum Gasteiger partial charge on any atom is -0.256 e. The molecule has 0 aliphatic heterocycles. The summed E-state index contributed by atoms with van der Waals surface area (Å²) in [5.41, 5.74) is 9.04. The third-order valence-corrected chi connectivity index (χ3v) is 8.04. The van der Waals surface area contributed by atoms with Gasteiger partial charge in [-0.15, -0.1) is 0 Å². The van der Waals surface area contributed by atoms with E-state index in [1.54, 1.807) is 0 Å². The number of fused-ring (bicyclic) bond motifs is 4. The van der Waals surface area contributed by atoms with E-state index in [-0.39, 0.29) is 0 Å². The van der Waals surface area contributed by atoms with E-state index in [1.807, 2.05) is 36.7 Å². The van der Waals surface area contributed by atoms with Crippen LogP contribution in [0.2, 0.25) is 0 Å². The third kappa shape index (κ3) is 4.59. The Morgan fingerprint density at radius 2 is 0.738 bits per heavy atom. The van der Waals surface area contributed by atoms with Gasteiger partial charge < -0.3 is 0 Å². The van der Waals surface area contributed by atoms with E-state index in [0.717, 1.165) is 32.9 Å². The van der Waals surface area contributed by atoms with E-state index in [1.165, 1.54) is 43.8 Å². The number of benzene rings is 6. The second-order valence-electron chi connectivity index (χ2n) is 10.8. The normalized spacial score (nSPS) is 11.7. The Balaban J connectivity index is 1.04. The van der Waals surface area contributed by atoms with Gasteiger partial charge in [-0.25, -0.2) is 0 Å². The van der Waals surface area contributed by atoms with Crippen molar-refractivity contribution in [1.29, 1.82) is 0 Å². The highest BCUT2D eigenvalue weighted by Gasteiger charge is 2.05. The maximum absolute atomic E-state index is 4.64. The summed E-state index contributed by atoms with van der Waals surface area (Å²) in [5, 5.41) is 7.22. The zero-order valence-corrected chi connectivity index (χ0v) is 22.9. The Kier molecular flexibility index (Phi) is 5.82. The second kappa shape index (κ2) is 10.1. The summed E-state index contributed by atoms with van der Waals surface area (Å²) in [6.45, 7) is 0. The van der Waals surface area contributed by atoms with E-state index in [4.69, 9.17) is 0 Å². The molecule has 0 saturated carbocycles. The summed E-state index contributed by atoms with van der Waals surface area (Å²) in [7, 11) is 0. The molecule has 6 aromatic carbocycles. The van der Waals surface area contributed by atoms with Crippen LogP contribution in [0.3, 0.4) is 0 Å². The zero-order chi connectivity index (χ0) is 27.9. The average Bonchev–Trinajstić information content (AvgIpc) is 3.06. The van der Waals surface area contributed by atoms with Crippen LogP contribution >= 0.6 is 0 Å². The molecule has 0 N–H and O–H groups in total. The number of para-hydroxylation sites is 2. The fraction of sp³-hybridized carbons (Fsp3) is 0. The Bertz CT molecular complexity index is 2150. The van der Waals surface area contributed by atoms with Gasteiger partial charge in [0.25, 0.3) is 0 Å². The van der Waals surface area contributed by atoms with Crippen molar-refractivity contribution in [3.8, 4) is 22.3 Å². The predicted octanol–water partition coefficient (Wildman–Crippen LogP) is 10.6. The molecule has 8 aromatic rings. The van der Waals surface area contributed by atoms with Crippen molar-refractivity contribution in [3.05, 3.63) is 157 Å². The monoisotopic (exact) mass is 534 g/mol. The number of hydrogen-bond acceptors (Lipinski definition) is 2. The largest absolute Gasteiger partial charge is 0.256 e. The van der Waals surface area contributed by atoms with Crippen molar-refractivity contribution in [2.24, 2.45) is 0 Å². The molecule has 0 saturated heterocycles. The molecule has 0 spiro atoms. The lowest BCUT2D eigenvalue weighted by Crippen LogP contribution is -1.84. The van der Waals surface area contributed by atoms with Gasteiger partial charge in [0.05, 0.1) is 11.0 Å². The third-order valence-electron chi connectivity index (χ3n) is 8.04. The Morgan fingerprint density at radius 3 is 1.24 bits per heavy atom. The molecule has 2 nitrogen and oxygen atoms in total. The molecule has 0 atom stereocenters. The second-order valence-corrected chi connectivity index (χ2v) is 10.8. The van der Waals surface area contributed by atoms with Crippen molar-refractivity contribution < 1.29 is 0 Å². The molecule has 42 heavy (non-hydrogen) atoms. The molecule has 0 amide bonds. The van der Waals surface area contributed by atoms with Gasteiger partial charge in [0, 0.05) is 34.3 Å². The number of hydrogen-bond donors (Lipinski definition) is 0. The van der Waals surface area contributed by atoms with Crippen LogP contribution in [0.5, 0.6) is 0 Å². The molecular weight excluding hydrogens is 508 g/mol. The van der Waals surface area contributed by atoms with Gasteiger partial charge in [0.2, 0.25) is 0 Å². The molecule has 2 heterocycles. The number of nitrogens with zero attached hydrogens (tertiary/aromatic N) is 2. The van der Waals surface area contributed by atoms with Crippen LogP contribution in [0.15, 0.2) is 146 Å². The Hall–Kier alpha value is -5.60. The van der Waals surface area contributed by atoms with E-state index < -0.39 is 0 Å². The van der Waals surface area contributed by atoms with Gasteiger partial charge in [0.15, 0.2) is 0 Å². The summed E-state index contributed by atoms with van der Waals surface area (Å²) in [5.74, 6) is 0. The van der Waals surface area contributed by atoms with Crippen LogP contribution in [0.25, 0.3) is 77.8 Å². The fourth-order valence-electron chi connectivity index (χ4n) is 5.75. The first kappa shape index (κ1) is 24.2. The maximum atomic E-state index is 4.64. The van der Waals surface area contributed by atoms with Gasteiger partial charge >= 0.3 is 0 Å². The molecule has 196 valence electrons. The van der Waals surface area contributed by atoms with Crippen LogP contribution in [0, 0.1) is 0 Å². The molecule has 0 unspecified atom stereocenters. The first-order valence-corrected chi connectivity index (χ1v) is 14.2. The van der Waals surface area contributed by atoms with E-state index in [2.05, 4.69) is 131 Å². The molecule has 2 heteroatoms. The molecular formula is C40H26N2. The van der Waals surface area contributed by atoms with Gasteiger partial charge in [-0.3, -0.25) is 9.97 Å². The van der Waals surface area contributed by atoms with Gasteiger partial charge in [-0.2, -0.15) is 0 Å². The number of rotatable bonds is 4. The molecule has 0 aliphatic carbocycles. The topological polar surface area (TPSA) is 25.8 Å². The highest BCUT2D eigenvalue weighted by molar-refractivity contribution is 5.93. The molecule has 0 radical (unpaired) electrons.